The quantitative estimate of drug-likeness (QED) is 0.453. The van der Waals surface area contributed by atoms with Crippen LogP contribution in [0.3, 0.4) is 0 Å². The topological polar surface area (TPSA) is 108 Å². The molecular weight excluding hydrogens is 240 g/mol. The Morgan fingerprint density at radius 1 is 1.33 bits per heavy atom. The van der Waals surface area contributed by atoms with Crippen LogP contribution in [-0.2, 0) is 23.9 Å². The molecule has 1 amide bonds. The zero-order valence-electron chi connectivity index (χ0n) is 10.5. The Bertz CT molecular complexity index is 329. The Balaban J connectivity index is 4.58. The highest BCUT2D eigenvalue weighted by molar-refractivity contribution is 5.90. The van der Waals surface area contributed by atoms with E-state index in [1.54, 1.807) is 0 Å². The van der Waals surface area contributed by atoms with Gasteiger partial charge < -0.3 is 20.5 Å². The van der Waals surface area contributed by atoms with E-state index >= 15 is 0 Å². The highest BCUT2D eigenvalue weighted by Crippen LogP contribution is 1.99. The van der Waals surface area contributed by atoms with Gasteiger partial charge in [0.25, 0.3) is 0 Å². The third kappa shape index (κ3) is 5.44. The van der Waals surface area contributed by atoms with E-state index in [2.05, 4.69) is 21.4 Å². The lowest BCUT2D eigenvalue weighted by Gasteiger charge is -2.17. The summed E-state index contributed by atoms with van der Waals surface area (Å²) in [7, 11) is 2.34. The Labute approximate surface area is 105 Å². The minimum Gasteiger partial charge on any atom is -0.469 e. The molecule has 0 aromatic carbocycles. The summed E-state index contributed by atoms with van der Waals surface area (Å²) in [4.78, 5) is 34.1. The van der Waals surface area contributed by atoms with E-state index in [0.717, 1.165) is 7.11 Å². The first-order valence-electron chi connectivity index (χ1n) is 5.27. The molecule has 0 radical (unpaired) electrons. The van der Waals surface area contributed by atoms with E-state index in [4.69, 9.17) is 5.73 Å². The first-order valence-corrected chi connectivity index (χ1v) is 5.27. The normalized spacial score (nSPS) is 13.1. The molecule has 0 saturated heterocycles. The Morgan fingerprint density at radius 2 is 1.94 bits per heavy atom. The lowest BCUT2D eigenvalue weighted by Crippen LogP contribution is -2.49. The molecule has 7 nitrogen and oxygen atoms in total. The monoisotopic (exact) mass is 258 g/mol. The van der Waals surface area contributed by atoms with Crippen LogP contribution >= 0.6 is 0 Å². The van der Waals surface area contributed by atoms with Gasteiger partial charge in [0.1, 0.15) is 6.04 Å². The number of methoxy groups -OCH3 is 2. The van der Waals surface area contributed by atoms with E-state index < -0.39 is 29.9 Å². The number of esters is 2. The van der Waals surface area contributed by atoms with Crippen molar-refractivity contribution in [3.63, 3.8) is 0 Å². The second kappa shape index (κ2) is 8.24. The van der Waals surface area contributed by atoms with E-state index in [0.29, 0.717) is 0 Å². The van der Waals surface area contributed by atoms with Crippen LogP contribution < -0.4 is 11.1 Å². The van der Waals surface area contributed by atoms with Crippen LogP contribution in [0, 0.1) is 0 Å². The largest absolute Gasteiger partial charge is 0.469 e. The standard InChI is InChI=1S/C11H18N2O5/c1-4-5-7(12)10(15)13-8(11(16)18-3)6-9(14)17-2/h4,7-8H,1,5-6,12H2,2-3H3,(H,13,15). The minimum absolute atomic E-state index is 0.262. The molecule has 0 bridgehead atoms. The maximum atomic E-state index is 11.6. The minimum atomic E-state index is -1.11. The molecule has 0 fully saturated rings. The van der Waals surface area contributed by atoms with Gasteiger partial charge in [0.2, 0.25) is 5.91 Å². The summed E-state index contributed by atoms with van der Waals surface area (Å²) in [5, 5.41) is 2.33. The fourth-order valence-electron chi connectivity index (χ4n) is 1.15. The summed E-state index contributed by atoms with van der Waals surface area (Å²) in [6.45, 7) is 3.45. The lowest BCUT2D eigenvalue weighted by atomic mass is 10.1. The van der Waals surface area contributed by atoms with E-state index in [-0.39, 0.29) is 12.8 Å². The van der Waals surface area contributed by atoms with Crippen LogP contribution in [0.2, 0.25) is 0 Å². The van der Waals surface area contributed by atoms with Crippen LogP contribution in [0.1, 0.15) is 12.8 Å². The molecule has 0 heterocycles. The van der Waals surface area contributed by atoms with Gasteiger partial charge in [-0.15, -0.1) is 6.58 Å². The first-order chi connectivity index (χ1) is 8.46. The number of ether oxygens (including phenoxy) is 2. The fourth-order valence-corrected chi connectivity index (χ4v) is 1.15. The number of amides is 1. The van der Waals surface area contributed by atoms with Crippen molar-refractivity contribution in [2.45, 2.75) is 24.9 Å². The van der Waals surface area contributed by atoms with Crippen LogP contribution in [-0.4, -0.2) is 44.1 Å². The average molecular weight is 258 g/mol. The zero-order valence-corrected chi connectivity index (χ0v) is 10.5. The molecule has 0 aromatic rings. The van der Waals surface area contributed by atoms with Crippen LogP contribution in [0.15, 0.2) is 12.7 Å². The van der Waals surface area contributed by atoms with Crippen molar-refractivity contribution in [3.05, 3.63) is 12.7 Å². The predicted molar refractivity (Wildman–Crippen MR) is 63.4 cm³/mol. The predicted octanol–water partition coefficient (Wildman–Crippen LogP) is -0.889. The maximum Gasteiger partial charge on any atom is 0.328 e. The number of nitrogens with two attached hydrogens (primary N) is 1. The third-order valence-corrected chi connectivity index (χ3v) is 2.16. The molecule has 2 atom stereocenters. The molecule has 0 aromatic heterocycles. The Morgan fingerprint density at radius 3 is 2.39 bits per heavy atom. The van der Waals surface area contributed by atoms with Gasteiger partial charge in [-0.3, -0.25) is 9.59 Å². The van der Waals surface area contributed by atoms with Crippen molar-refractivity contribution < 1.29 is 23.9 Å². The number of rotatable bonds is 7. The van der Waals surface area contributed by atoms with E-state index in [9.17, 15) is 14.4 Å². The Hall–Kier alpha value is -1.89. The molecule has 0 rings (SSSR count). The summed E-state index contributed by atoms with van der Waals surface area (Å²) in [6.07, 6.45) is 1.44. The summed E-state index contributed by atoms with van der Waals surface area (Å²) in [5.41, 5.74) is 5.53. The van der Waals surface area contributed by atoms with Gasteiger partial charge in [-0.1, -0.05) is 6.08 Å². The molecule has 2 unspecified atom stereocenters. The molecule has 7 heteroatoms. The molecule has 102 valence electrons. The number of hydrogen-bond acceptors (Lipinski definition) is 6. The number of nitrogens with one attached hydrogen (secondary N) is 1. The van der Waals surface area contributed by atoms with Gasteiger partial charge in [-0.2, -0.15) is 0 Å². The van der Waals surface area contributed by atoms with Crippen molar-refractivity contribution in [3.8, 4) is 0 Å². The molecule has 0 spiro atoms. The van der Waals surface area contributed by atoms with Crippen molar-refractivity contribution in [2.24, 2.45) is 5.73 Å². The average Bonchev–Trinajstić information content (AvgIpc) is 2.36. The SMILES string of the molecule is C=CCC(N)C(=O)NC(CC(=O)OC)C(=O)OC. The van der Waals surface area contributed by atoms with E-state index in [1.807, 2.05) is 0 Å². The van der Waals surface area contributed by atoms with Gasteiger partial charge in [0.05, 0.1) is 26.7 Å². The second-order valence-corrected chi connectivity index (χ2v) is 3.50. The second-order valence-electron chi connectivity index (χ2n) is 3.50. The summed E-state index contributed by atoms with van der Waals surface area (Å²) < 4.78 is 8.90. The summed E-state index contributed by atoms with van der Waals surface area (Å²) in [6, 6.07) is -1.93. The molecule has 0 saturated carbocycles. The molecule has 0 aliphatic carbocycles. The number of hydrogen-bond donors (Lipinski definition) is 2. The van der Waals surface area contributed by atoms with Crippen LogP contribution in [0.25, 0.3) is 0 Å². The summed E-state index contributed by atoms with van der Waals surface area (Å²) >= 11 is 0. The highest BCUT2D eigenvalue weighted by Gasteiger charge is 2.26. The van der Waals surface area contributed by atoms with Gasteiger partial charge in [-0.05, 0) is 6.42 Å². The van der Waals surface area contributed by atoms with Crippen molar-refractivity contribution in [1.29, 1.82) is 0 Å². The fraction of sp³-hybridized carbons (Fsp3) is 0.545. The van der Waals surface area contributed by atoms with Crippen molar-refractivity contribution in [1.82, 2.24) is 5.32 Å². The maximum absolute atomic E-state index is 11.6. The molecule has 3 N–H and O–H groups in total. The van der Waals surface area contributed by atoms with Gasteiger partial charge in [0, 0.05) is 0 Å². The third-order valence-electron chi connectivity index (χ3n) is 2.16. The zero-order chi connectivity index (χ0) is 14.1. The smallest absolute Gasteiger partial charge is 0.328 e. The van der Waals surface area contributed by atoms with Gasteiger partial charge in [-0.25, -0.2) is 4.79 Å². The molecule has 18 heavy (non-hydrogen) atoms. The van der Waals surface area contributed by atoms with Crippen LogP contribution in [0.4, 0.5) is 0 Å². The van der Waals surface area contributed by atoms with Crippen LogP contribution in [0.5, 0.6) is 0 Å². The lowest BCUT2D eigenvalue weighted by molar-refractivity contribution is -0.150. The summed E-state index contributed by atoms with van der Waals surface area (Å²) in [5.74, 6) is -1.93. The van der Waals surface area contributed by atoms with Gasteiger partial charge >= 0.3 is 11.9 Å². The van der Waals surface area contributed by atoms with E-state index in [1.165, 1.54) is 13.2 Å². The first kappa shape index (κ1) is 16.1. The molecule has 0 aliphatic rings. The van der Waals surface area contributed by atoms with Crippen molar-refractivity contribution >= 4 is 17.8 Å². The van der Waals surface area contributed by atoms with Crippen molar-refractivity contribution in [2.75, 3.05) is 14.2 Å². The number of carbonyl (C=O) groups excluding carboxylic acids is 3. The number of carbonyl (C=O) groups is 3. The van der Waals surface area contributed by atoms with Gasteiger partial charge in [0.15, 0.2) is 0 Å². The Kier molecular flexibility index (Phi) is 7.37. The molecular formula is C11H18N2O5. The molecule has 0 aliphatic heterocycles. The highest BCUT2D eigenvalue weighted by atomic mass is 16.5.